The molecule has 2 N–H and O–H groups in total. The third kappa shape index (κ3) is 1.18. The Balaban J connectivity index is 1.93. The Kier molecular flexibility index (Phi) is 1.68. The van der Waals surface area contributed by atoms with Gasteiger partial charge in [0, 0.05) is 12.4 Å². The molecule has 1 atom stereocenters. The van der Waals surface area contributed by atoms with Gasteiger partial charge >= 0.3 is 7.12 Å². The zero-order chi connectivity index (χ0) is 7.90. The molecule has 0 aliphatic carbocycles. The average molecular weight is 158 g/mol. The third-order valence-electron chi connectivity index (χ3n) is 2.39. The smallest absolute Gasteiger partial charge is 0.427 e. The molecule has 2 heterocycles. The van der Waals surface area contributed by atoms with Crippen LogP contribution in [0.15, 0.2) is 0 Å². The fourth-order valence-corrected chi connectivity index (χ4v) is 1.60. The van der Waals surface area contributed by atoms with Gasteiger partial charge in [-0.15, -0.1) is 0 Å². The van der Waals surface area contributed by atoms with Gasteiger partial charge in [0.1, 0.15) is 5.60 Å². The average Bonchev–Trinajstić information content (AvgIpc) is 2.28. The van der Waals surface area contributed by atoms with E-state index in [0.29, 0.717) is 26.2 Å². The first-order chi connectivity index (χ1) is 5.22. The minimum Gasteiger partial charge on any atom is -0.427 e. The Labute approximate surface area is 65.3 Å². The van der Waals surface area contributed by atoms with Gasteiger partial charge < -0.3 is 19.5 Å². The lowest BCUT2D eigenvalue weighted by molar-refractivity contribution is -0.184. The molecule has 0 aromatic rings. The van der Waals surface area contributed by atoms with E-state index in [9.17, 15) is 0 Å². The summed E-state index contributed by atoms with van der Waals surface area (Å²) in [5.41, 5.74) is -0.172. The van der Waals surface area contributed by atoms with Crippen molar-refractivity contribution < 1.29 is 19.5 Å². The summed E-state index contributed by atoms with van der Waals surface area (Å²) in [6.07, 6.45) is 0.713. The molecule has 62 valence electrons. The van der Waals surface area contributed by atoms with Crippen molar-refractivity contribution in [1.82, 2.24) is 0 Å². The summed E-state index contributed by atoms with van der Waals surface area (Å²) in [6, 6.07) is 0. The number of hydrogen-bond donors (Lipinski definition) is 2. The van der Waals surface area contributed by atoms with Crippen LogP contribution in [-0.4, -0.2) is 42.6 Å². The van der Waals surface area contributed by atoms with Crippen LogP contribution >= 0.6 is 0 Å². The SMILES string of the molecule is OB(O)C1COC2(COC2)C1. The van der Waals surface area contributed by atoms with Gasteiger partial charge in [-0.25, -0.2) is 0 Å². The lowest BCUT2D eigenvalue weighted by Crippen LogP contribution is -2.49. The van der Waals surface area contributed by atoms with E-state index in [-0.39, 0.29) is 11.4 Å². The summed E-state index contributed by atoms with van der Waals surface area (Å²) in [6.45, 7) is 1.66. The Hall–Kier alpha value is -0.0951. The van der Waals surface area contributed by atoms with Crippen LogP contribution in [-0.2, 0) is 9.47 Å². The molecule has 0 aromatic carbocycles. The molecule has 5 heteroatoms. The monoisotopic (exact) mass is 158 g/mol. The van der Waals surface area contributed by atoms with E-state index in [4.69, 9.17) is 19.5 Å². The van der Waals surface area contributed by atoms with E-state index < -0.39 is 7.12 Å². The van der Waals surface area contributed by atoms with Crippen molar-refractivity contribution >= 4 is 7.12 Å². The largest absolute Gasteiger partial charge is 0.457 e. The van der Waals surface area contributed by atoms with Crippen LogP contribution in [0.25, 0.3) is 0 Å². The highest BCUT2D eigenvalue weighted by Gasteiger charge is 2.49. The molecule has 0 radical (unpaired) electrons. The maximum atomic E-state index is 8.84. The number of rotatable bonds is 1. The molecule has 4 nitrogen and oxygen atoms in total. The molecule has 2 aliphatic rings. The molecule has 0 bridgehead atoms. The molecule has 11 heavy (non-hydrogen) atoms. The molecule has 2 fully saturated rings. The van der Waals surface area contributed by atoms with Crippen molar-refractivity contribution in [3.63, 3.8) is 0 Å². The Morgan fingerprint density at radius 2 is 2.09 bits per heavy atom. The van der Waals surface area contributed by atoms with Crippen LogP contribution in [0.3, 0.4) is 0 Å². The molecule has 0 aromatic heterocycles. The van der Waals surface area contributed by atoms with Crippen molar-refractivity contribution in [1.29, 1.82) is 0 Å². The normalized spacial score (nSPS) is 33.8. The lowest BCUT2D eigenvalue weighted by atomic mass is 9.69. The second-order valence-corrected chi connectivity index (χ2v) is 3.36. The summed E-state index contributed by atoms with van der Waals surface area (Å²) in [5, 5.41) is 17.7. The van der Waals surface area contributed by atoms with Crippen LogP contribution < -0.4 is 0 Å². The van der Waals surface area contributed by atoms with E-state index in [1.165, 1.54) is 0 Å². The Morgan fingerprint density at radius 1 is 1.36 bits per heavy atom. The number of ether oxygens (including phenoxy) is 2. The van der Waals surface area contributed by atoms with Gasteiger partial charge in [0.25, 0.3) is 0 Å². The van der Waals surface area contributed by atoms with Crippen molar-refractivity contribution in [2.24, 2.45) is 0 Å². The van der Waals surface area contributed by atoms with Crippen molar-refractivity contribution in [2.45, 2.75) is 17.8 Å². The second-order valence-electron chi connectivity index (χ2n) is 3.36. The highest BCUT2D eigenvalue weighted by Crippen LogP contribution is 2.39. The summed E-state index contributed by atoms with van der Waals surface area (Å²) in [5.74, 6) is -0.126. The van der Waals surface area contributed by atoms with Gasteiger partial charge in [0.15, 0.2) is 0 Å². The molecule has 0 saturated carbocycles. The number of hydrogen-bond acceptors (Lipinski definition) is 4. The molecule has 2 aliphatic heterocycles. The standard InChI is InChI=1S/C6H11BO4/c8-7(9)5-1-6(11-2-5)3-10-4-6/h5,8-9H,1-4H2. The van der Waals surface area contributed by atoms with Gasteiger partial charge in [0.05, 0.1) is 13.2 Å². The zero-order valence-electron chi connectivity index (χ0n) is 6.19. The maximum absolute atomic E-state index is 8.84. The molecular weight excluding hydrogens is 147 g/mol. The van der Waals surface area contributed by atoms with E-state index in [1.54, 1.807) is 0 Å². The first-order valence-electron chi connectivity index (χ1n) is 3.80. The van der Waals surface area contributed by atoms with E-state index in [1.807, 2.05) is 0 Å². The summed E-state index contributed by atoms with van der Waals surface area (Å²) in [7, 11) is -1.24. The van der Waals surface area contributed by atoms with Crippen LogP contribution in [0.1, 0.15) is 6.42 Å². The molecular formula is C6H11BO4. The van der Waals surface area contributed by atoms with Crippen LogP contribution in [0.5, 0.6) is 0 Å². The minimum absolute atomic E-state index is 0.126. The molecule has 1 spiro atoms. The molecule has 1 unspecified atom stereocenters. The maximum Gasteiger partial charge on any atom is 0.457 e. The first-order valence-corrected chi connectivity index (χ1v) is 3.80. The van der Waals surface area contributed by atoms with Gasteiger partial charge in [-0.2, -0.15) is 0 Å². The lowest BCUT2D eigenvalue weighted by Gasteiger charge is -2.36. The van der Waals surface area contributed by atoms with Gasteiger partial charge in [-0.1, -0.05) is 0 Å². The highest BCUT2D eigenvalue weighted by molar-refractivity contribution is 6.43. The van der Waals surface area contributed by atoms with Gasteiger partial charge in [-0.3, -0.25) is 0 Å². The highest BCUT2D eigenvalue weighted by atomic mass is 16.6. The summed E-state index contributed by atoms with van der Waals surface area (Å²) < 4.78 is 10.4. The molecule has 2 saturated heterocycles. The van der Waals surface area contributed by atoms with Crippen LogP contribution in [0.4, 0.5) is 0 Å². The predicted octanol–water partition coefficient (Wildman–Crippen LogP) is -0.981. The topological polar surface area (TPSA) is 58.9 Å². The third-order valence-corrected chi connectivity index (χ3v) is 2.39. The Morgan fingerprint density at radius 3 is 2.36 bits per heavy atom. The molecule has 2 rings (SSSR count). The van der Waals surface area contributed by atoms with Crippen LogP contribution in [0, 0.1) is 0 Å². The summed E-state index contributed by atoms with van der Waals surface area (Å²) in [4.78, 5) is 0. The fourth-order valence-electron chi connectivity index (χ4n) is 1.60. The van der Waals surface area contributed by atoms with E-state index >= 15 is 0 Å². The van der Waals surface area contributed by atoms with E-state index in [2.05, 4.69) is 0 Å². The fraction of sp³-hybridized carbons (Fsp3) is 1.00. The van der Waals surface area contributed by atoms with Crippen molar-refractivity contribution in [2.75, 3.05) is 19.8 Å². The second kappa shape index (κ2) is 2.45. The predicted molar refractivity (Wildman–Crippen MR) is 38.1 cm³/mol. The minimum atomic E-state index is -1.24. The van der Waals surface area contributed by atoms with Crippen molar-refractivity contribution in [3.05, 3.63) is 0 Å². The summed E-state index contributed by atoms with van der Waals surface area (Å²) >= 11 is 0. The van der Waals surface area contributed by atoms with Gasteiger partial charge in [-0.05, 0) is 6.42 Å². The van der Waals surface area contributed by atoms with E-state index in [0.717, 1.165) is 0 Å². The van der Waals surface area contributed by atoms with Crippen LogP contribution in [0.2, 0.25) is 5.82 Å². The first kappa shape index (κ1) is 7.55. The molecule has 0 amide bonds. The van der Waals surface area contributed by atoms with Crippen molar-refractivity contribution in [3.8, 4) is 0 Å². The zero-order valence-corrected chi connectivity index (χ0v) is 6.19. The van der Waals surface area contributed by atoms with Gasteiger partial charge in [0.2, 0.25) is 0 Å². The Bertz CT molecular complexity index is 157. The quantitative estimate of drug-likeness (QED) is 0.481.